The average Bonchev–Trinajstić information content (AvgIpc) is 2.49. The van der Waals surface area contributed by atoms with Crippen LogP contribution in [0, 0.1) is 11.6 Å². The van der Waals surface area contributed by atoms with Crippen molar-refractivity contribution in [1.29, 1.82) is 0 Å². The molecule has 0 heterocycles. The Bertz CT molecular complexity index is 599. The largest absolute Gasteiger partial charge is 0.484 e. The van der Waals surface area contributed by atoms with Crippen molar-refractivity contribution in [2.24, 2.45) is 0 Å². The molecule has 110 valence electrons. The molecular weight excluding hydrogens is 276 g/mol. The normalized spacial score (nSPS) is 10.2. The summed E-state index contributed by atoms with van der Waals surface area (Å²) < 4.78 is 31.2. The molecule has 2 aromatic carbocycles. The number of ether oxygens (including phenoxy) is 1. The molecule has 0 aliphatic heterocycles. The zero-order chi connectivity index (χ0) is 15.1. The Labute approximate surface area is 121 Å². The first-order valence-corrected chi connectivity index (χ1v) is 6.53. The van der Waals surface area contributed by atoms with Crippen molar-refractivity contribution in [1.82, 2.24) is 5.32 Å². The number of carbonyl (C=O) groups is 1. The van der Waals surface area contributed by atoms with Crippen LogP contribution in [0.5, 0.6) is 5.75 Å². The third-order valence-electron chi connectivity index (χ3n) is 2.86. The van der Waals surface area contributed by atoms with Crippen LogP contribution < -0.4 is 10.1 Å². The van der Waals surface area contributed by atoms with Gasteiger partial charge in [0.25, 0.3) is 5.91 Å². The molecule has 1 amide bonds. The van der Waals surface area contributed by atoms with Crippen LogP contribution in [0.1, 0.15) is 5.56 Å². The molecule has 0 aromatic heterocycles. The van der Waals surface area contributed by atoms with Crippen LogP contribution in [0.2, 0.25) is 0 Å². The van der Waals surface area contributed by atoms with Crippen LogP contribution in [0.15, 0.2) is 48.5 Å². The average molecular weight is 291 g/mol. The second kappa shape index (κ2) is 7.38. The summed E-state index contributed by atoms with van der Waals surface area (Å²) in [5, 5.41) is 2.64. The summed E-state index contributed by atoms with van der Waals surface area (Å²) in [4.78, 5) is 11.6. The van der Waals surface area contributed by atoms with E-state index in [2.05, 4.69) is 5.32 Å². The Hall–Kier alpha value is -2.43. The van der Waals surface area contributed by atoms with Gasteiger partial charge < -0.3 is 10.1 Å². The van der Waals surface area contributed by atoms with Crippen molar-refractivity contribution in [2.75, 3.05) is 13.2 Å². The lowest BCUT2D eigenvalue weighted by molar-refractivity contribution is -0.123. The molecule has 0 aliphatic carbocycles. The number of amides is 1. The first-order valence-electron chi connectivity index (χ1n) is 6.53. The molecule has 0 unspecified atom stereocenters. The first-order chi connectivity index (χ1) is 10.1. The van der Waals surface area contributed by atoms with Gasteiger partial charge in [0, 0.05) is 6.54 Å². The van der Waals surface area contributed by atoms with Crippen molar-refractivity contribution >= 4 is 5.91 Å². The molecule has 0 aliphatic rings. The van der Waals surface area contributed by atoms with E-state index in [-0.39, 0.29) is 24.1 Å². The highest BCUT2D eigenvalue weighted by molar-refractivity contribution is 5.77. The summed E-state index contributed by atoms with van der Waals surface area (Å²) >= 11 is 0. The van der Waals surface area contributed by atoms with E-state index in [1.807, 2.05) is 0 Å². The minimum Gasteiger partial charge on any atom is -0.484 e. The minimum atomic E-state index is -0.364. The summed E-state index contributed by atoms with van der Waals surface area (Å²) in [7, 11) is 0. The molecule has 0 saturated carbocycles. The number of nitrogens with one attached hydrogen (secondary N) is 1. The van der Waals surface area contributed by atoms with Crippen molar-refractivity contribution in [3.05, 3.63) is 65.7 Å². The van der Waals surface area contributed by atoms with Gasteiger partial charge in [-0.3, -0.25) is 4.79 Å². The highest BCUT2D eigenvalue weighted by Crippen LogP contribution is 2.10. The lowest BCUT2D eigenvalue weighted by Crippen LogP contribution is -2.30. The van der Waals surface area contributed by atoms with E-state index in [1.54, 1.807) is 18.2 Å². The Morgan fingerprint density at radius 1 is 1.05 bits per heavy atom. The number of rotatable bonds is 6. The topological polar surface area (TPSA) is 38.3 Å². The van der Waals surface area contributed by atoms with Crippen molar-refractivity contribution in [2.45, 2.75) is 6.42 Å². The first kappa shape index (κ1) is 15.0. The maximum Gasteiger partial charge on any atom is 0.257 e. The molecule has 0 saturated heterocycles. The molecule has 0 atom stereocenters. The van der Waals surface area contributed by atoms with Crippen LogP contribution in [0.4, 0.5) is 8.78 Å². The van der Waals surface area contributed by atoms with Gasteiger partial charge in [-0.25, -0.2) is 8.78 Å². The standard InChI is InChI=1S/C16H15F2NO2/c17-13-5-7-14(8-6-13)21-11-16(20)19-10-9-12-3-1-2-4-15(12)18/h1-8H,9-11H2,(H,19,20). The molecule has 2 aromatic rings. The molecule has 0 radical (unpaired) electrons. The Morgan fingerprint density at radius 2 is 1.76 bits per heavy atom. The van der Waals surface area contributed by atoms with Crippen molar-refractivity contribution < 1.29 is 18.3 Å². The zero-order valence-corrected chi connectivity index (χ0v) is 11.3. The minimum absolute atomic E-state index is 0.164. The number of benzene rings is 2. The fourth-order valence-electron chi connectivity index (χ4n) is 1.77. The van der Waals surface area contributed by atoms with Crippen LogP contribution in [-0.2, 0) is 11.2 Å². The summed E-state index contributed by atoms with van der Waals surface area (Å²) in [5.41, 5.74) is 0.553. The predicted octanol–water partition coefficient (Wildman–Crippen LogP) is 2.70. The molecule has 21 heavy (non-hydrogen) atoms. The Balaban J connectivity index is 1.70. The molecule has 2 rings (SSSR count). The van der Waals surface area contributed by atoms with Crippen molar-refractivity contribution in [3.63, 3.8) is 0 Å². The maximum atomic E-state index is 13.3. The van der Waals surface area contributed by atoms with E-state index in [0.717, 1.165) is 0 Å². The highest BCUT2D eigenvalue weighted by Gasteiger charge is 2.04. The summed E-state index contributed by atoms with van der Waals surface area (Å²) in [6.07, 6.45) is 0.412. The van der Waals surface area contributed by atoms with E-state index >= 15 is 0 Å². The van der Waals surface area contributed by atoms with Gasteiger partial charge >= 0.3 is 0 Å². The molecule has 0 spiro atoms. The van der Waals surface area contributed by atoms with Gasteiger partial charge in [-0.15, -0.1) is 0 Å². The van der Waals surface area contributed by atoms with E-state index in [4.69, 9.17) is 4.74 Å². The van der Waals surface area contributed by atoms with E-state index in [0.29, 0.717) is 24.3 Å². The monoisotopic (exact) mass is 291 g/mol. The molecule has 1 N–H and O–H groups in total. The molecular formula is C16H15F2NO2. The fraction of sp³-hybridized carbons (Fsp3) is 0.188. The third kappa shape index (κ3) is 4.87. The van der Waals surface area contributed by atoms with Gasteiger partial charge in [0.15, 0.2) is 6.61 Å². The van der Waals surface area contributed by atoms with Gasteiger partial charge in [0.05, 0.1) is 0 Å². The highest BCUT2D eigenvalue weighted by atomic mass is 19.1. The maximum absolute atomic E-state index is 13.3. The second-order valence-electron chi connectivity index (χ2n) is 4.43. The molecule has 5 heteroatoms. The van der Waals surface area contributed by atoms with Crippen LogP contribution in [0.3, 0.4) is 0 Å². The molecule has 0 fully saturated rings. The quantitative estimate of drug-likeness (QED) is 0.888. The lowest BCUT2D eigenvalue weighted by atomic mass is 10.1. The Morgan fingerprint density at radius 3 is 2.48 bits per heavy atom. The SMILES string of the molecule is O=C(COc1ccc(F)cc1)NCCc1ccccc1F. The third-order valence-corrected chi connectivity index (χ3v) is 2.86. The number of hydrogen-bond acceptors (Lipinski definition) is 2. The summed E-state index contributed by atoms with van der Waals surface area (Å²) in [5.74, 6) is -0.540. The van der Waals surface area contributed by atoms with E-state index < -0.39 is 0 Å². The fourth-order valence-corrected chi connectivity index (χ4v) is 1.77. The van der Waals surface area contributed by atoms with Gasteiger partial charge in [-0.05, 0) is 42.3 Å². The molecule has 0 bridgehead atoms. The zero-order valence-electron chi connectivity index (χ0n) is 11.3. The smallest absolute Gasteiger partial charge is 0.257 e. The summed E-state index contributed by atoms with van der Waals surface area (Å²) in [6.45, 7) is 0.162. The van der Waals surface area contributed by atoms with Gasteiger partial charge in [-0.1, -0.05) is 18.2 Å². The van der Waals surface area contributed by atoms with Crippen LogP contribution in [0.25, 0.3) is 0 Å². The van der Waals surface area contributed by atoms with E-state index in [9.17, 15) is 13.6 Å². The predicted molar refractivity (Wildman–Crippen MR) is 75.0 cm³/mol. The molecule has 3 nitrogen and oxygen atoms in total. The number of halogens is 2. The van der Waals surface area contributed by atoms with Gasteiger partial charge in [0.2, 0.25) is 0 Å². The lowest BCUT2D eigenvalue weighted by Gasteiger charge is -2.08. The van der Waals surface area contributed by atoms with Crippen LogP contribution in [-0.4, -0.2) is 19.1 Å². The Kier molecular flexibility index (Phi) is 5.26. The van der Waals surface area contributed by atoms with Gasteiger partial charge in [0.1, 0.15) is 17.4 Å². The number of carbonyl (C=O) groups excluding carboxylic acids is 1. The van der Waals surface area contributed by atoms with Crippen molar-refractivity contribution in [3.8, 4) is 5.75 Å². The second-order valence-corrected chi connectivity index (χ2v) is 4.43. The summed E-state index contributed by atoms with van der Waals surface area (Å²) in [6, 6.07) is 11.8. The number of hydrogen-bond donors (Lipinski definition) is 1. The van der Waals surface area contributed by atoms with Gasteiger partial charge in [-0.2, -0.15) is 0 Å². The van der Waals surface area contributed by atoms with Crippen LogP contribution >= 0.6 is 0 Å². The van der Waals surface area contributed by atoms with E-state index in [1.165, 1.54) is 30.3 Å².